The molecule has 164 valence electrons. The second-order valence-electron chi connectivity index (χ2n) is 7.68. The highest BCUT2D eigenvalue weighted by Crippen LogP contribution is 2.24. The van der Waals surface area contributed by atoms with Crippen LogP contribution in [0.1, 0.15) is 12.5 Å². The summed E-state index contributed by atoms with van der Waals surface area (Å²) in [6, 6.07) is 8.29. The van der Waals surface area contributed by atoms with Crippen molar-refractivity contribution in [1.82, 2.24) is 29.6 Å². The number of esters is 1. The highest BCUT2D eigenvalue weighted by atomic mass is 16.5. The quantitative estimate of drug-likeness (QED) is 0.468. The number of nitrogens with zero attached hydrogens (tertiary/aromatic N) is 6. The Labute approximate surface area is 185 Å². The summed E-state index contributed by atoms with van der Waals surface area (Å²) in [6.45, 7) is 6.12. The van der Waals surface area contributed by atoms with Crippen LogP contribution in [0.25, 0.3) is 22.5 Å². The molecule has 0 radical (unpaired) electrons. The van der Waals surface area contributed by atoms with E-state index in [4.69, 9.17) is 9.72 Å². The van der Waals surface area contributed by atoms with Crippen molar-refractivity contribution in [3.63, 3.8) is 0 Å². The zero-order valence-electron chi connectivity index (χ0n) is 17.9. The molecule has 4 aromatic rings. The van der Waals surface area contributed by atoms with Crippen LogP contribution in [-0.2, 0) is 16.0 Å². The SMILES string of the molecule is CCOC(=O)Cc1ccn(-c2cncc(-n3ncc4ccc(N5CCNCC5)cc43)n2)c1. The average Bonchev–Trinajstić information content (AvgIpc) is 3.46. The summed E-state index contributed by atoms with van der Waals surface area (Å²) in [5, 5.41) is 9.00. The van der Waals surface area contributed by atoms with Gasteiger partial charge in [-0.15, -0.1) is 0 Å². The summed E-state index contributed by atoms with van der Waals surface area (Å²) in [7, 11) is 0. The van der Waals surface area contributed by atoms with Gasteiger partial charge >= 0.3 is 5.97 Å². The molecule has 0 amide bonds. The summed E-state index contributed by atoms with van der Waals surface area (Å²) in [5.74, 6) is 1.04. The monoisotopic (exact) mass is 431 g/mol. The van der Waals surface area contributed by atoms with Crippen LogP contribution in [0.15, 0.2) is 55.2 Å². The van der Waals surface area contributed by atoms with E-state index in [1.165, 1.54) is 5.69 Å². The van der Waals surface area contributed by atoms with Gasteiger partial charge in [0.25, 0.3) is 0 Å². The summed E-state index contributed by atoms with van der Waals surface area (Å²) in [5.41, 5.74) is 3.03. The van der Waals surface area contributed by atoms with Crippen LogP contribution in [0.4, 0.5) is 5.69 Å². The molecule has 9 heteroatoms. The lowest BCUT2D eigenvalue weighted by Gasteiger charge is -2.29. The van der Waals surface area contributed by atoms with Gasteiger partial charge in [0.15, 0.2) is 11.6 Å². The Bertz CT molecular complexity index is 1240. The van der Waals surface area contributed by atoms with Crippen LogP contribution in [0.5, 0.6) is 0 Å². The second-order valence-corrected chi connectivity index (χ2v) is 7.68. The van der Waals surface area contributed by atoms with Gasteiger partial charge in [-0.25, -0.2) is 9.67 Å². The van der Waals surface area contributed by atoms with E-state index in [1.807, 2.05) is 33.9 Å². The molecule has 0 bridgehead atoms. The molecule has 1 N–H and O–H groups in total. The van der Waals surface area contributed by atoms with Gasteiger partial charge in [-0.05, 0) is 36.8 Å². The Kier molecular flexibility index (Phi) is 5.55. The molecule has 1 saturated heterocycles. The van der Waals surface area contributed by atoms with Crippen LogP contribution >= 0.6 is 0 Å². The normalized spacial score (nSPS) is 14.1. The maximum Gasteiger partial charge on any atom is 0.310 e. The van der Waals surface area contributed by atoms with Crippen LogP contribution in [0, 0.1) is 0 Å². The summed E-state index contributed by atoms with van der Waals surface area (Å²) >= 11 is 0. The number of nitrogens with one attached hydrogen (secondary N) is 1. The highest BCUT2D eigenvalue weighted by Gasteiger charge is 2.14. The number of benzene rings is 1. The lowest BCUT2D eigenvalue weighted by molar-refractivity contribution is -0.142. The van der Waals surface area contributed by atoms with Crippen LogP contribution < -0.4 is 10.2 Å². The first-order valence-electron chi connectivity index (χ1n) is 10.8. The number of hydrogen-bond donors (Lipinski definition) is 1. The molecule has 32 heavy (non-hydrogen) atoms. The lowest BCUT2D eigenvalue weighted by Crippen LogP contribution is -2.43. The van der Waals surface area contributed by atoms with E-state index < -0.39 is 0 Å². The molecule has 1 aliphatic heterocycles. The lowest BCUT2D eigenvalue weighted by atomic mass is 10.2. The van der Waals surface area contributed by atoms with E-state index in [9.17, 15) is 4.79 Å². The molecule has 0 unspecified atom stereocenters. The molecular weight excluding hydrogens is 406 g/mol. The second kappa shape index (κ2) is 8.80. The Hall–Kier alpha value is -3.72. The molecule has 1 aliphatic rings. The predicted molar refractivity (Wildman–Crippen MR) is 121 cm³/mol. The maximum atomic E-state index is 11.8. The Morgan fingerprint density at radius 2 is 1.97 bits per heavy atom. The molecule has 4 heterocycles. The number of piperazine rings is 1. The van der Waals surface area contributed by atoms with Crippen molar-refractivity contribution in [2.45, 2.75) is 13.3 Å². The van der Waals surface area contributed by atoms with E-state index in [0.717, 1.165) is 42.6 Å². The molecule has 1 fully saturated rings. The minimum absolute atomic E-state index is 0.229. The molecule has 1 aromatic carbocycles. The number of ether oxygens (including phenoxy) is 1. The number of fused-ring (bicyclic) bond motifs is 1. The highest BCUT2D eigenvalue weighted by molar-refractivity contribution is 5.83. The van der Waals surface area contributed by atoms with E-state index in [0.29, 0.717) is 18.2 Å². The van der Waals surface area contributed by atoms with Crippen molar-refractivity contribution in [2.75, 3.05) is 37.7 Å². The molecule has 0 atom stereocenters. The van der Waals surface area contributed by atoms with Gasteiger partial charge in [0.2, 0.25) is 0 Å². The number of hydrogen-bond acceptors (Lipinski definition) is 7. The third kappa shape index (κ3) is 4.06. The van der Waals surface area contributed by atoms with Crippen molar-refractivity contribution in [1.29, 1.82) is 0 Å². The third-order valence-electron chi connectivity index (χ3n) is 5.54. The maximum absolute atomic E-state index is 11.8. The number of rotatable bonds is 6. The fraction of sp³-hybridized carbons (Fsp3) is 0.304. The van der Waals surface area contributed by atoms with Gasteiger partial charge in [0, 0.05) is 49.6 Å². The average molecular weight is 432 g/mol. The molecule has 5 rings (SSSR count). The molecule has 3 aromatic heterocycles. The van der Waals surface area contributed by atoms with Gasteiger partial charge in [-0.1, -0.05) is 0 Å². The third-order valence-corrected chi connectivity index (χ3v) is 5.54. The zero-order valence-corrected chi connectivity index (χ0v) is 17.9. The van der Waals surface area contributed by atoms with Crippen LogP contribution in [0.3, 0.4) is 0 Å². The van der Waals surface area contributed by atoms with Crippen molar-refractivity contribution >= 4 is 22.6 Å². The van der Waals surface area contributed by atoms with Gasteiger partial charge in [0.1, 0.15) is 0 Å². The van der Waals surface area contributed by atoms with Crippen molar-refractivity contribution in [3.8, 4) is 11.6 Å². The van der Waals surface area contributed by atoms with Crippen LogP contribution in [-0.4, -0.2) is 63.1 Å². The summed E-state index contributed by atoms with van der Waals surface area (Å²) in [6.07, 6.45) is 9.21. The minimum Gasteiger partial charge on any atom is -0.466 e. The molecule has 0 spiro atoms. The summed E-state index contributed by atoms with van der Waals surface area (Å²) < 4.78 is 8.70. The number of carbonyl (C=O) groups is 1. The smallest absolute Gasteiger partial charge is 0.310 e. The van der Waals surface area contributed by atoms with Crippen molar-refractivity contribution in [3.05, 3.63) is 60.8 Å². The zero-order chi connectivity index (χ0) is 21.9. The van der Waals surface area contributed by atoms with E-state index in [2.05, 4.69) is 38.5 Å². The first kappa shape index (κ1) is 20.2. The number of carbonyl (C=O) groups excluding carboxylic acids is 1. The van der Waals surface area contributed by atoms with Gasteiger partial charge in [0.05, 0.1) is 37.1 Å². The predicted octanol–water partition coefficient (Wildman–Crippen LogP) is 2.12. The van der Waals surface area contributed by atoms with E-state index in [1.54, 1.807) is 19.3 Å². The van der Waals surface area contributed by atoms with Gasteiger partial charge < -0.3 is 19.5 Å². The van der Waals surface area contributed by atoms with Crippen molar-refractivity contribution < 1.29 is 9.53 Å². The minimum atomic E-state index is -0.242. The van der Waals surface area contributed by atoms with Gasteiger partial charge in [-0.2, -0.15) is 5.10 Å². The first-order valence-corrected chi connectivity index (χ1v) is 10.8. The van der Waals surface area contributed by atoms with Crippen molar-refractivity contribution in [2.24, 2.45) is 0 Å². The number of anilines is 1. The molecule has 9 nitrogen and oxygen atoms in total. The Balaban J connectivity index is 1.44. The van der Waals surface area contributed by atoms with E-state index >= 15 is 0 Å². The fourth-order valence-corrected chi connectivity index (χ4v) is 3.95. The molecular formula is C23H25N7O2. The molecule has 0 saturated carbocycles. The Morgan fingerprint density at radius 3 is 2.81 bits per heavy atom. The molecule has 0 aliphatic carbocycles. The van der Waals surface area contributed by atoms with E-state index in [-0.39, 0.29) is 12.4 Å². The first-order chi connectivity index (χ1) is 15.7. The topological polar surface area (TPSA) is 90.1 Å². The summed E-state index contributed by atoms with van der Waals surface area (Å²) in [4.78, 5) is 23.3. The number of aromatic nitrogens is 5. The standard InChI is InChI=1S/C23H25N7O2/c1-2-32-23(31)11-17-5-8-29(16-17)21-14-25-15-22(27-21)30-20-12-19(4-3-18(20)13-26-30)28-9-6-24-7-10-28/h3-5,8,12-16,24H,2,6-7,9-11H2,1H3. The fourth-order valence-electron chi connectivity index (χ4n) is 3.95. The largest absolute Gasteiger partial charge is 0.466 e. The van der Waals surface area contributed by atoms with Crippen LogP contribution in [0.2, 0.25) is 0 Å². The Morgan fingerprint density at radius 1 is 1.12 bits per heavy atom. The van der Waals surface area contributed by atoms with Gasteiger partial charge in [-0.3, -0.25) is 9.78 Å².